The molecule has 314 valence electrons. The molecule has 7 nitrogen and oxygen atoms in total. The molecular formula is C46H89NO6. The van der Waals surface area contributed by atoms with E-state index in [1.54, 1.807) is 0 Å². The average molecular weight is 752 g/mol. The van der Waals surface area contributed by atoms with Crippen molar-refractivity contribution in [2.75, 3.05) is 19.6 Å². The molecule has 0 aromatic carbocycles. The highest BCUT2D eigenvalue weighted by Gasteiger charge is 2.19. The van der Waals surface area contributed by atoms with Crippen LogP contribution in [0.4, 0.5) is 0 Å². The van der Waals surface area contributed by atoms with Gasteiger partial charge in [0, 0.05) is 19.3 Å². The first-order valence-electron chi connectivity index (χ1n) is 22.9. The molecule has 0 saturated heterocycles. The summed E-state index contributed by atoms with van der Waals surface area (Å²) >= 11 is 0. The lowest BCUT2D eigenvalue weighted by molar-refractivity contribution is -0.155. The van der Waals surface area contributed by atoms with Gasteiger partial charge < -0.3 is 19.1 Å². The van der Waals surface area contributed by atoms with Crippen molar-refractivity contribution in [1.29, 1.82) is 0 Å². The fraction of sp³-hybridized carbons (Fsp3) is 0.935. The van der Waals surface area contributed by atoms with Crippen LogP contribution in [0.25, 0.3) is 0 Å². The second-order valence-electron chi connectivity index (χ2n) is 16.8. The number of unbranched alkanes of at least 4 members (excludes halogenated alkanes) is 16. The van der Waals surface area contributed by atoms with Crippen LogP contribution in [-0.4, -0.2) is 60.3 Å². The smallest absolute Gasteiger partial charge is 0.306 e. The molecule has 0 bridgehead atoms. The Bertz CT molecular complexity index is 775. The maximum Gasteiger partial charge on any atom is 0.306 e. The van der Waals surface area contributed by atoms with E-state index in [2.05, 4.69) is 32.6 Å². The minimum absolute atomic E-state index is 0.0261. The highest BCUT2D eigenvalue weighted by atomic mass is 16.6. The van der Waals surface area contributed by atoms with E-state index in [9.17, 15) is 14.4 Å². The SMILES string of the molecule is CCCCCCCC(CCCCCCC)OC(=O)CCCN(CCCC(=O)OC(CCCCCCC)CCCCCCC)CCCC(=O)OC(C)(C)C. The van der Waals surface area contributed by atoms with Crippen LogP contribution in [0, 0.1) is 0 Å². The lowest BCUT2D eigenvalue weighted by atomic mass is 10.0. The molecule has 0 N–H and O–H groups in total. The zero-order valence-electron chi connectivity index (χ0n) is 36.4. The van der Waals surface area contributed by atoms with Crippen LogP contribution in [0.1, 0.15) is 241 Å². The molecule has 0 unspecified atom stereocenters. The van der Waals surface area contributed by atoms with Crippen molar-refractivity contribution in [2.24, 2.45) is 0 Å². The van der Waals surface area contributed by atoms with Crippen molar-refractivity contribution < 1.29 is 28.6 Å². The Hall–Kier alpha value is -1.63. The Labute approximate surface area is 329 Å². The predicted molar refractivity (Wildman–Crippen MR) is 223 cm³/mol. The van der Waals surface area contributed by atoms with Gasteiger partial charge in [-0.15, -0.1) is 0 Å². The summed E-state index contributed by atoms with van der Waals surface area (Å²) in [5.74, 6) is -0.370. The van der Waals surface area contributed by atoms with Crippen LogP contribution >= 0.6 is 0 Å². The standard InChI is InChI=1S/C46H89NO6/c1-8-12-16-20-24-31-41(32-25-21-17-13-9-2)51-43(48)35-28-38-47(40-30-37-45(50)53-46(5,6)7)39-29-36-44(49)52-42(33-26-22-18-14-10-3)34-27-23-19-15-11-4/h41-42H,8-40H2,1-7H3. The molecule has 7 heteroatoms. The van der Waals surface area contributed by atoms with E-state index < -0.39 is 5.60 Å². The summed E-state index contributed by atoms with van der Waals surface area (Å²) in [7, 11) is 0. The molecule has 0 heterocycles. The van der Waals surface area contributed by atoms with Crippen LogP contribution in [0.3, 0.4) is 0 Å². The Morgan fingerprint density at radius 3 is 0.981 bits per heavy atom. The summed E-state index contributed by atoms with van der Waals surface area (Å²) in [4.78, 5) is 40.8. The topological polar surface area (TPSA) is 82.1 Å². The molecule has 0 fully saturated rings. The van der Waals surface area contributed by atoms with Crippen molar-refractivity contribution in [3.05, 3.63) is 0 Å². The number of hydrogen-bond acceptors (Lipinski definition) is 7. The average Bonchev–Trinajstić information content (AvgIpc) is 3.10. The van der Waals surface area contributed by atoms with Gasteiger partial charge in [-0.05, 0) is 111 Å². The Morgan fingerprint density at radius 1 is 0.415 bits per heavy atom. The first-order chi connectivity index (χ1) is 25.5. The van der Waals surface area contributed by atoms with E-state index in [-0.39, 0.29) is 30.1 Å². The number of hydrogen-bond donors (Lipinski definition) is 0. The number of ether oxygens (including phenoxy) is 3. The van der Waals surface area contributed by atoms with Crippen molar-refractivity contribution in [3.63, 3.8) is 0 Å². The second-order valence-corrected chi connectivity index (χ2v) is 16.8. The third kappa shape index (κ3) is 35.8. The highest BCUT2D eigenvalue weighted by Crippen LogP contribution is 2.19. The molecule has 0 aliphatic carbocycles. The third-order valence-electron chi connectivity index (χ3n) is 10.1. The molecule has 0 radical (unpaired) electrons. The van der Waals surface area contributed by atoms with E-state index >= 15 is 0 Å². The normalized spacial score (nSPS) is 11.9. The lowest BCUT2D eigenvalue weighted by Gasteiger charge is -2.24. The second kappa shape index (κ2) is 36.0. The summed E-state index contributed by atoms with van der Waals surface area (Å²) in [5.41, 5.74) is -0.497. The number of carbonyl (C=O) groups is 3. The van der Waals surface area contributed by atoms with Crippen molar-refractivity contribution >= 4 is 17.9 Å². The van der Waals surface area contributed by atoms with Crippen LogP contribution in [0.2, 0.25) is 0 Å². The van der Waals surface area contributed by atoms with E-state index in [4.69, 9.17) is 14.2 Å². The van der Waals surface area contributed by atoms with Gasteiger partial charge in [-0.25, -0.2) is 0 Å². The molecule has 0 spiro atoms. The lowest BCUT2D eigenvalue weighted by Crippen LogP contribution is -2.30. The molecule has 0 rings (SSSR count). The Morgan fingerprint density at radius 2 is 0.698 bits per heavy atom. The van der Waals surface area contributed by atoms with E-state index in [1.807, 2.05) is 20.8 Å². The minimum atomic E-state index is -0.497. The van der Waals surface area contributed by atoms with E-state index in [0.717, 1.165) is 71.0 Å². The molecule has 0 aromatic heterocycles. The van der Waals surface area contributed by atoms with Gasteiger partial charge in [0.15, 0.2) is 0 Å². The predicted octanol–water partition coefficient (Wildman–Crippen LogP) is 13.2. The van der Waals surface area contributed by atoms with Crippen LogP contribution in [0.5, 0.6) is 0 Å². The number of esters is 3. The fourth-order valence-electron chi connectivity index (χ4n) is 6.99. The van der Waals surface area contributed by atoms with E-state index in [1.165, 1.54) is 103 Å². The maximum absolute atomic E-state index is 13.0. The summed E-state index contributed by atoms with van der Waals surface area (Å²) in [6.07, 6.45) is 31.5. The monoisotopic (exact) mass is 752 g/mol. The number of nitrogens with zero attached hydrogens (tertiary/aromatic N) is 1. The van der Waals surface area contributed by atoms with Crippen molar-refractivity contribution in [3.8, 4) is 0 Å². The maximum atomic E-state index is 13.0. The largest absolute Gasteiger partial charge is 0.462 e. The van der Waals surface area contributed by atoms with Gasteiger partial charge in [0.25, 0.3) is 0 Å². The molecule has 0 saturated carbocycles. The molecule has 53 heavy (non-hydrogen) atoms. The molecule has 0 amide bonds. The zero-order chi connectivity index (χ0) is 39.4. The number of rotatable bonds is 38. The van der Waals surface area contributed by atoms with Crippen molar-refractivity contribution in [2.45, 2.75) is 259 Å². The third-order valence-corrected chi connectivity index (χ3v) is 10.1. The molecule has 0 aliphatic rings. The highest BCUT2D eigenvalue weighted by molar-refractivity contribution is 5.70. The quantitative estimate of drug-likeness (QED) is 0.0353. The Balaban J connectivity index is 5.09. The fourth-order valence-corrected chi connectivity index (χ4v) is 6.99. The first kappa shape index (κ1) is 51.4. The van der Waals surface area contributed by atoms with Gasteiger partial charge in [0.2, 0.25) is 0 Å². The van der Waals surface area contributed by atoms with Gasteiger partial charge in [0.1, 0.15) is 17.8 Å². The van der Waals surface area contributed by atoms with Gasteiger partial charge >= 0.3 is 17.9 Å². The van der Waals surface area contributed by atoms with Gasteiger partial charge in [0.05, 0.1) is 0 Å². The number of carbonyl (C=O) groups excluding carboxylic acids is 3. The Kier molecular flexibility index (Phi) is 34.9. The molecule has 0 atom stereocenters. The summed E-state index contributed by atoms with van der Waals surface area (Å²) in [6, 6.07) is 0. The van der Waals surface area contributed by atoms with Crippen LogP contribution in [0.15, 0.2) is 0 Å². The summed E-state index contributed by atoms with van der Waals surface area (Å²) < 4.78 is 17.7. The minimum Gasteiger partial charge on any atom is -0.462 e. The van der Waals surface area contributed by atoms with Gasteiger partial charge in [-0.1, -0.05) is 130 Å². The first-order valence-corrected chi connectivity index (χ1v) is 22.9. The van der Waals surface area contributed by atoms with Crippen LogP contribution < -0.4 is 0 Å². The summed E-state index contributed by atoms with van der Waals surface area (Å²) in [5, 5.41) is 0. The summed E-state index contributed by atoms with van der Waals surface area (Å²) in [6.45, 7) is 16.8. The van der Waals surface area contributed by atoms with Gasteiger partial charge in [-0.3, -0.25) is 14.4 Å². The van der Waals surface area contributed by atoms with Crippen LogP contribution in [-0.2, 0) is 28.6 Å². The van der Waals surface area contributed by atoms with Crippen molar-refractivity contribution in [1.82, 2.24) is 4.90 Å². The zero-order valence-corrected chi connectivity index (χ0v) is 36.4. The molecule has 0 aromatic rings. The van der Waals surface area contributed by atoms with Gasteiger partial charge in [-0.2, -0.15) is 0 Å². The molecular weight excluding hydrogens is 663 g/mol. The molecule has 0 aliphatic heterocycles. The van der Waals surface area contributed by atoms with E-state index in [0.29, 0.717) is 38.5 Å².